The molecule has 2 heterocycles. The van der Waals surface area contributed by atoms with Gasteiger partial charge >= 0.3 is 0 Å². The van der Waals surface area contributed by atoms with Crippen LogP contribution in [0.25, 0.3) is 11.4 Å². The van der Waals surface area contributed by atoms with Gasteiger partial charge in [-0.3, -0.25) is 14.9 Å². The van der Waals surface area contributed by atoms with E-state index in [9.17, 15) is 4.79 Å². The van der Waals surface area contributed by atoms with Crippen LogP contribution in [-0.2, 0) is 4.74 Å². The number of pyridine rings is 1. The average Bonchev–Trinajstić information content (AvgIpc) is 3.09. The maximum Gasteiger partial charge on any atom is 0.258 e. The second-order valence-electron chi connectivity index (χ2n) is 5.48. The highest BCUT2D eigenvalue weighted by Crippen LogP contribution is 2.19. The molecule has 0 aliphatic heterocycles. The topological polar surface area (TPSA) is 84.0 Å². The molecule has 0 radical (unpaired) electrons. The number of nitrogens with one attached hydrogen (secondary N) is 1. The van der Waals surface area contributed by atoms with Crippen LogP contribution in [0.3, 0.4) is 0 Å². The third kappa shape index (κ3) is 3.89. The lowest BCUT2D eigenvalue weighted by atomic mass is 10.1. The average molecular weight is 337 g/mol. The number of carbonyl (C=O) groups is 1. The van der Waals surface area contributed by atoms with E-state index in [2.05, 4.69) is 20.2 Å². The van der Waals surface area contributed by atoms with Gasteiger partial charge in [-0.25, -0.2) is 4.98 Å². The molecule has 0 unspecified atom stereocenters. The van der Waals surface area contributed by atoms with Crippen LogP contribution in [0, 0.1) is 6.92 Å². The Balaban J connectivity index is 1.84. The Kier molecular flexibility index (Phi) is 5.15. The monoisotopic (exact) mass is 337 g/mol. The maximum absolute atomic E-state index is 12.9. The number of benzene rings is 1. The van der Waals surface area contributed by atoms with Gasteiger partial charge in [-0.1, -0.05) is 12.1 Å². The Morgan fingerprint density at radius 3 is 2.48 bits per heavy atom. The van der Waals surface area contributed by atoms with Gasteiger partial charge in [-0.05, 0) is 31.2 Å². The summed E-state index contributed by atoms with van der Waals surface area (Å²) in [5.74, 6) is 1.27. The molecule has 0 spiro atoms. The van der Waals surface area contributed by atoms with Crippen molar-refractivity contribution in [3.8, 4) is 11.4 Å². The summed E-state index contributed by atoms with van der Waals surface area (Å²) in [5.41, 5.74) is 2.22. The second-order valence-corrected chi connectivity index (χ2v) is 5.48. The smallest absolute Gasteiger partial charge is 0.258 e. The Labute approximate surface area is 145 Å². The molecule has 7 heteroatoms. The zero-order valence-corrected chi connectivity index (χ0v) is 14.1. The van der Waals surface area contributed by atoms with Crippen LogP contribution in [0.4, 0.5) is 5.69 Å². The first-order valence-corrected chi connectivity index (χ1v) is 7.89. The number of ether oxygens (including phenoxy) is 1. The molecule has 0 atom stereocenters. The summed E-state index contributed by atoms with van der Waals surface area (Å²) in [6, 6.07) is 10.9. The molecule has 0 aliphatic carbocycles. The number of nitrogens with zero attached hydrogens (tertiary/aromatic N) is 4. The van der Waals surface area contributed by atoms with E-state index in [1.807, 2.05) is 19.1 Å². The van der Waals surface area contributed by atoms with Gasteiger partial charge in [-0.2, -0.15) is 5.10 Å². The van der Waals surface area contributed by atoms with Crippen LogP contribution in [-0.4, -0.2) is 46.3 Å². The number of H-pyrrole nitrogens is 1. The van der Waals surface area contributed by atoms with Gasteiger partial charge < -0.3 is 9.64 Å². The highest BCUT2D eigenvalue weighted by molar-refractivity contribution is 6.06. The zero-order chi connectivity index (χ0) is 17.6. The molecule has 0 fully saturated rings. The first kappa shape index (κ1) is 16.8. The standard InChI is InChI=1S/C18H19N5O2/c1-13-20-17(22-21-13)14-3-5-15(6-4-14)18(24)23(11-12-25-2)16-7-9-19-10-8-16/h3-10H,11-12H2,1-2H3,(H,20,21,22). The largest absolute Gasteiger partial charge is 0.383 e. The van der Waals surface area contributed by atoms with Crippen molar-refractivity contribution >= 4 is 11.6 Å². The third-order valence-electron chi connectivity index (χ3n) is 3.73. The van der Waals surface area contributed by atoms with E-state index in [0.717, 1.165) is 17.1 Å². The van der Waals surface area contributed by atoms with Crippen molar-refractivity contribution < 1.29 is 9.53 Å². The number of methoxy groups -OCH3 is 1. The van der Waals surface area contributed by atoms with Gasteiger partial charge in [0.1, 0.15) is 5.82 Å². The van der Waals surface area contributed by atoms with Crippen molar-refractivity contribution in [3.05, 3.63) is 60.2 Å². The predicted octanol–water partition coefficient (Wildman–Crippen LogP) is 2.47. The summed E-state index contributed by atoms with van der Waals surface area (Å²) in [6.07, 6.45) is 3.33. The predicted molar refractivity (Wildman–Crippen MR) is 94.3 cm³/mol. The molecule has 0 aliphatic rings. The molecular weight excluding hydrogens is 318 g/mol. The zero-order valence-electron chi connectivity index (χ0n) is 14.1. The van der Waals surface area contributed by atoms with E-state index < -0.39 is 0 Å². The molecule has 25 heavy (non-hydrogen) atoms. The van der Waals surface area contributed by atoms with E-state index in [4.69, 9.17) is 4.74 Å². The quantitative estimate of drug-likeness (QED) is 0.747. The van der Waals surface area contributed by atoms with Gasteiger partial charge in [0.2, 0.25) is 0 Å². The SMILES string of the molecule is COCCN(C(=O)c1ccc(-c2n[nH]c(C)n2)cc1)c1ccncc1. The lowest BCUT2D eigenvalue weighted by Crippen LogP contribution is -2.33. The van der Waals surface area contributed by atoms with Crippen LogP contribution < -0.4 is 4.90 Å². The summed E-state index contributed by atoms with van der Waals surface area (Å²) >= 11 is 0. The Morgan fingerprint density at radius 1 is 1.16 bits per heavy atom. The number of amides is 1. The van der Waals surface area contributed by atoms with Crippen LogP contribution in [0.2, 0.25) is 0 Å². The molecule has 0 saturated carbocycles. The van der Waals surface area contributed by atoms with E-state index in [1.54, 1.807) is 48.7 Å². The molecule has 1 aromatic carbocycles. The van der Waals surface area contributed by atoms with E-state index >= 15 is 0 Å². The summed E-state index contributed by atoms with van der Waals surface area (Å²) in [4.78, 5) is 22.9. The second kappa shape index (κ2) is 7.67. The first-order chi connectivity index (χ1) is 12.2. The Bertz CT molecular complexity index is 830. The molecule has 0 saturated heterocycles. The first-order valence-electron chi connectivity index (χ1n) is 7.89. The number of carbonyl (C=O) groups excluding carboxylic acids is 1. The van der Waals surface area contributed by atoms with Crippen molar-refractivity contribution in [2.24, 2.45) is 0 Å². The summed E-state index contributed by atoms with van der Waals surface area (Å²) in [7, 11) is 1.61. The van der Waals surface area contributed by atoms with Gasteiger partial charge in [-0.15, -0.1) is 0 Å². The molecule has 1 amide bonds. The number of aryl methyl sites for hydroxylation is 1. The summed E-state index contributed by atoms with van der Waals surface area (Å²) in [5, 5.41) is 6.94. The van der Waals surface area contributed by atoms with E-state index in [0.29, 0.717) is 24.5 Å². The number of anilines is 1. The van der Waals surface area contributed by atoms with Gasteiger partial charge in [0, 0.05) is 42.9 Å². The highest BCUT2D eigenvalue weighted by atomic mass is 16.5. The molecular formula is C18H19N5O2. The number of rotatable bonds is 6. The molecule has 2 aromatic heterocycles. The molecule has 128 valence electrons. The van der Waals surface area contributed by atoms with Crippen molar-refractivity contribution in [2.75, 3.05) is 25.2 Å². The fourth-order valence-corrected chi connectivity index (χ4v) is 2.44. The number of aromatic amines is 1. The number of aromatic nitrogens is 4. The van der Waals surface area contributed by atoms with Crippen LogP contribution in [0.5, 0.6) is 0 Å². The normalized spacial score (nSPS) is 10.6. The molecule has 1 N–H and O–H groups in total. The van der Waals surface area contributed by atoms with Crippen LogP contribution in [0.15, 0.2) is 48.8 Å². The van der Waals surface area contributed by atoms with Crippen molar-refractivity contribution in [1.82, 2.24) is 20.2 Å². The molecule has 0 bridgehead atoms. The fourth-order valence-electron chi connectivity index (χ4n) is 2.44. The Hall–Kier alpha value is -3.06. The molecule has 3 aromatic rings. The minimum Gasteiger partial charge on any atom is -0.383 e. The van der Waals surface area contributed by atoms with Crippen molar-refractivity contribution in [1.29, 1.82) is 0 Å². The van der Waals surface area contributed by atoms with E-state index in [1.165, 1.54) is 0 Å². The summed E-state index contributed by atoms with van der Waals surface area (Å²) < 4.78 is 5.13. The van der Waals surface area contributed by atoms with E-state index in [-0.39, 0.29) is 5.91 Å². The van der Waals surface area contributed by atoms with Crippen molar-refractivity contribution in [3.63, 3.8) is 0 Å². The minimum atomic E-state index is -0.0963. The minimum absolute atomic E-state index is 0.0963. The number of hydrogen-bond donors (Lipinski definition) is 1. The van der Waals surface area contributed by atoms with Gasteiger partial charge in [0.05, 0.1) is 6.61 Å². The maximum atomic E-state index is 12.9. The lowest BCUT2D eigenvalue weighted by molar-refractivity contribution is 0.0976. The number of hydrogen-bond acceptors (Lipinski definition) is 5. The Morgan fingerprint density at radius 2 is 1.88 bits per heavy atom. The van der Waals surface area contributed by atoms with Gasteiger partial charge in [0.25, 0.3) is 5.91 Å². The van der Waals surface area contributed by atoms with Gasteiger partial charge in [0.15, 0.2) is 5.82 Å². The molecule has 7 nitrogen and oxygen atoms in total. The highest BCUT2D eigenvalue weighted by Gasteiger charge is 2.18. The van der Waals surface area contributed by atoms with Crippen LogP contribution >= 0.6 is 0 Å². The lowest BCUT2D eigenvalue weighted by Gasteiger charge is -2.22. The third-order valence-corrected chi connectivity index (χ3v) is 3.73. The fraction of sp³-hybridized carbons (Fsp3) is 0.222. The summed E-state index contributed by atoms with van der Waals surface area (Å²) in [6.45, 7) is 2.75. The van der Waals surface area contributed by atoms with Crippen molar-refractivity contribution in [2.45, 2.75) is 6.92 Å². The molecule has 3 rings (SSSR count). The van der Waals surface area contributed by atoms with Crippen LogP contribution in [0.1, 0.15) is 16.2 Å².